The van der Waals surface area contributed by atoms with E-state index in [1.807, 2.05) is 6.92 Å². The van der Waals surface area contributed by atoms with E-state index in [1.54, 1.807) is 0 Å². The summed E-state index contributed by atoms with van der Waals surface area (Å²) in [6.45, 7) is 9.56. The van der Waals surface area contributed by atoms with Crippen molar-refractivity contribution in [1.29, 1.82) is 0 Å². The van der Waals surface area contributed by atoms with E-state index in [4.69, 9.17) is 5.11 Å². The molecule has 2 unspecified atom stereocenters. The first-order valence-electron chi connectivity index (χ1n) is 6.08. The normalized spacial score (nSPS) is 14.9. The second kappa shape index (κ2) is 8.53. The fourth-order valence-corrected chi connectivity index (χ4v) is 1.23. The standard InChI is InChI=1S/C12H26N2O2/c1-9(2)11(4)14-12(16)8-13-7-10(3)5-6-15/h9-11,13,15H,5-8H2,1-4H3,(H,14,16). The lowest BCUT2D eigenvalue weighted by molar-refractivity contribution is -0.121. The van der Waals surface area contributed by atoms with Gasteiger partial charge in [-0.05, 0) is 31.7 Å². The number of carbonyl (C=O) groups excluding carboxylic acids is 1. The highest BCUT2D eigenvalue weighted by molar-refractivity contribution is 5.78. The van der Waals surface area contributed by atoms with Crippen LogP contribution in [-0.2, 0) is 4.79 Å². The fraction of sp³-hybridized carbons (Fsp3) is 0.917. The quantitative estimate of drug-likeness (QED) is 0.577. The second-order valence-electron chi connectivity index (χ2n) is 4.85. The minimum atomic E-state index is 0.0393. The summed E-state index contributed by atoms with van der Waals surface area (Å²) in [5.41, 5.74) is 0. The van der Waals surface area contributed by atoms with Crippen LogP contribution in [0.3, 0.4) is 0 Å². The number of nitrogens with one attached hydrogen (secondary N) is 2. The van der Waals surface area contributed by atoms with Crippen LogP contribution in [0.25, 0.3) is 0 Å². The van der Waals surface area contributed by atoms with Gasteiger partial charge in [0.05, 0.1) is 6.54 Å². The van der Waals surface area contributed by atoms with Gasteiger partial charge >= 0.3 is 0 Å². The zero-order chi connectivity index (χ0) is 12.6. The Balaban J connectivity index is 3.58. The van der Waals surface area contributed by atoms with E-state index in [2.05, 4.69) is 31.4 Å². The summed E-state index contributed by atoms with van der Waals surface area (Å²) in [7, 11) is 0. The van der Waals surface area contributed by atoms with Gasteiger partial charge in [-0.1, -0.05) is 20.8 Å². The van der Waals surface area contributed by atoms with Gasteiger partial charge in [0.2, 0.25) is 5.91 Å². The van der Waals surface area contributed by atoms with Crippen molar-refractivity contribution in [3.8, 4) is 0 Å². The van der Waals surface area contributed by atoms with Crippen molar-refractivity contribution in [1.82, 2.24) is 10.6 Å². The van der Waals surface area contributed by atoms with Crippen LogP contribution >= 0.6 is 0 Å². The minimum absolute atomic E-state index is 0.0393. The lowest BCUT2D eigenvalue weighted by Gasteiger charge is -2.18. The van der Waals surface area contributed by atoms with E-state index in [0.29, 0.717) is 18.4 Å². The molecule has 0 saturated heterocycles. The van der Waals surface area contributed by atoms with Crippen molar-refractivity contribution in [2.75, 3.05) is 19.7 Å². The van der Waals surface area contributed by atoms with Crippen molar-refractivity contribution in [2.45, 2.75) is 40.2 Å². The van der Waals surface area contributed by atoms with Gasteiger partial charge < -0.3 is 15.7 Å². The maximum absolute atomic E-state index is 11.5. The molecule has 0 aromatic carbocycles. The smallest absolute Gasteiger partial charge is 0.234 e. The molecule has 96 valence electrons. The Morgan fingerprint density at radius 3 is 2.38 bits per heavy atom. The largest absolute Gasteiger partial charge is 0.396 e. The Kier molecular flexibility index (Phi) is 8.21. The number of aliphatic hydroxyl groups excluding tert-OH is 1. The third-order valence-electron chi connectivity index (χ3n) is 2.79. The molecule has 0 aliphatic carbocycles. The number of aliphatic hydroxyl groups is 1. The van der Waals surface area contributed by atoms with E-state index >= 15 is 0 Å². The Bertz CT molecular complexity index is 195. The van der Waals surface area contributed by atoms with Gasteiger partial charge in [-0.15, -0.1) is 0 Å². The molecule has 16 heavy (non-hydrogen) atoms. The third kappa shape index (κ3) is 7.65. The van der Waals surface area contributed by atoms with Gasteiger partial charge in [0.15, 0.2) is 0 Å². The van der Waals surface area contributed by atoms with E-state index < -0.39 is 0 Å². The molecule has 2 atom stereocenters. The summed E-state index contributed by atoms with van der Waals surface area (Å²) in [5, 5.41) is 14.7. The average molecular weight is 230 g/mol. The third-order valence-corrected chi connectivity index (χ3v) is 2.79. The van der Waals surface area contributed by atoms with Gasteiger partial charge in [-0.25, -0.2) is 0 Å². The molecule has 0 rings (SSSR count). The van der Waals surface area contributed by atoms with Crippen molar-refractivity contribution < 1.29 is 9.90 Å². The Hall–Kier alpha value is -0.610. The van der Waals surface area contributed by atoms with Gasteiger partial charge in [0.25, 0.3) is 0 Å². The average Bonchev–Trinajstić information content (AvgIpc) is 2.17. The molecule has 3 N–H and O–H groups in total. The molecule has 0 aromatic rings. The summed E-state index contributed by atoms with van der Waals surface area (Å²) in [5.74, 6) is 0.898. The van der Waals surface area contributed by atoms with Crippen molar-refractivity contribution in [3.63, 3.8) is 0 Å². The molecule has 0 aliphatic rings. The Morgan fingerprint density at radius 2 is 1.88 bits per heavy atom. The summed E-state index contributed by atoms with van der Waals surface area (Å²) in [6.07, 6.45) is 0.775. The molecule has 1 amide bonds. The molecule has 0 bridgehead atoms. The maximum atomic E-state index is 11.5. The van der Waals surface area contributed by atoms with E-state index in [-0.39, 0.29) is 18.6 Å². The van der Waals surface area contributed by atoms with Gasteiger partial charge in [-0.3, -0.25) is 4.79 Å². The number of hydrogen-bond donors (Lipinski definition) is 3. The lowest BCUT2D eigenvalue weighted by Crippen LogP contribution is -2.42. The van der Waals surface area contributed by atoms with Crippen molar-refractivity contribution in [3.05, 3.63) is 0 Å². The molecule has 0 aliphatic heterocycles. The molecular weight excluding hydrogens is 204 g/mol. The van der Waals surface area contributed by atoms with E-state index in [9.17, 15) is 4.79 Å². The van der Waals surface area contributed by atoms with E-state index in [1.165, 1.54) is 0 Å². The molecule has 4 nitrogen and oxygen atoms in total. The first kappa shape index (κ1) is 15.4. The number of rotatable bonds is 8. The van der Waals surface area contributed by atoms with Crippen molar-refractivity contribution in [2.24, 2.45) is 11.8 Å². The first-order valence-corrected chi connectivity index (χ1v) is 6.08. The van der Waals surface area contributed by atoms with Crippen LogP contribution in [0.5, 0.6) is 0 Å². The van der Waals surface area contributed by atoms with Crippen LogP contribution in [0.15, 0.2) is 0 Å². The summed E-state index contributed by atoms with van der Waals surface area (Å²) >= 11 is 0. The second-order valence-corrected chi connectivity index (χ2v) is 4.85. The predicted octanol–water partition coefficient (Wildman–Crippen LogP) is 0.755. The molecule has 0 heterocycles. The number of amides is 1. The van der Waals surface area contributed by atoms with Gasteiger partial charge in [-0.2, -0.15) is 0 Å². The van der Waals surface area contributed by atoms with Crippen LogP contribution in [0.4, 0.5) is 0 Å². The highest BCUT2D eigenvalue weighted by Crippen LogP contribution is 1.99. The van der Waals surface area contributed by atoms with Crippen LogP contribution in [0, 0.1) is 11.8 Å². The maximum Gasteiger partial charge on any atom is 0.234 e. The fourth-order valence-electron chi connectivity index (χ4n) is 1.23. The van der Waals surface area contributed by atoms with Crippen LogP contribution in [0.1, 0.15) is 34.1 Å². The predicted molar refractivity (Wildman–Crippen MR) is 66.2 cm³/mol. The van der Waals surface area contributed by atoms with Crippen LogP contribution in [-0.4, -0.2) is 36.8 Å². The van der Waals surface area contributed by atoms with Gasteiger partial charge in [0, 0.05) is 12.6 Å². The molecule has 0 spiro atoms. The Labute approximate surface area is 98.8 Å². The topological polar surface area (TPSA) is 61.4 Å². The SMILES string of the molecule is CC(CCO)CNCC(=O)NC(C)C(C)C. The van der Waals surface area contributed by atoms with Crippen LogP contribution in [0.2, 0.25) is 0 Å². The molecule has 4 heteroatoms. The zero-order valence-corrected chi connectivity index (χ0v) is 10.9. The summed E-state index contributed by atoms with van der Waals surface area (Å²) in [4.78, 5) is 11.5. The number of hydrogen-bond acceptors (Lipinski definition) is 3. The zero-order valence-electron chi connectivity index (χ0n) is 10.9. The highest BCUT2D eigenvalue weighted by atomic mass is 16.3. The number of carbonyl (C=O) groups is 1. The highest BCUT2D eigenvalue weighted by Gasteiger charge is 2.10. The first-order chi connectivity index (χ1) is 7.47. The molecule has 0 fully saturated rings. The monoisotopic (exact) mass is 230 g/mol. The Morgan fingerprint density at radius 1 is 1.25 bits per heavy atom. The van der Waals surface area contributed by atoms with Gasteiger partial charge in [0.1, 0.15) is 0 Å². The van der Waals surface area contributed by atoms with E-state index in [0.717, 1.165) is 13.0 Å². The molecule has 0 aromatic heterocycles. The lowest BCUT2D eigenvalue weighted by atomic mass is 10.1. The minimum Gasteiger partial charge on any atom is -0.396 e. The molecule has 0 saturated carbocycles. The van der Waals surface area contributed by atoms with Crippen molar-refractivity contribution >= 4 is 5.91 Å². The summed E-state index contributed by atoms with van der Waals surface area (Å²) in [6, 6.07) is 0.212. The summed E-state index contributed by atoms with van der Waals surface area (Å²) < 4.78 is 0. The molecular formula is C12H26N2O2. The van der Waals surface area contributed by atoms with Crippen LogP contribution < -0.4 is 10.6 Å². The molecule has 0 radical (unpaired) electrons.